The van der Waals surface area contributed by atoms with E-state index in [9.17, 15) is 14.4 Å². The van der Waals surface area contributed by atoms with Gasteiger partial charge < -0.3 is 20.8 Å². The van der Waals surface area contributed by atoms with Crippen LogP contribution in [-0.4, -0.2) is 47.1 Å². The zero-order chi connectivity index (χ0) is 22.3. The lowest BCUT2D eigenvalue weighted by molar-refractivity contribution is -0.134. The van der Waals surface area contributed by atoms with Gasteiger partial charge in [0.15, 0.2) is 0 Å². The van der Waals surface area contributed by atoms with Crippen LogP contribution in [0.2, 0.25) is 0 Å². The highest BCUT2D eigenvalue weighted by Gasteiger charge is 2.46. The summed E-state index contributed by atoms with van der Waals surface area (Å²) >= 11 is 0. The Labute approximate surface area is 175 Å². The predicted octanol–water partition coefficient (Wildman–Crippen LogP) is 2.57. The smallest absolute Gasteiger partial charge is 0.328 e. The van der Waals surface area contributed by atoms with Crippen molar-refractivity contribution in [1.82, 2.24) is 4.90 Å². The minimum atomic E-state index is -1.26. The quantitative estimate of drug-likeness (QED) is 0.652. The van der Waals surface area contributed by atoms with E-state index in [0.29, 0.717) is 18.2 Å². The summed E-state index contributed by atoms with van der Waals surface area (Å²) in [4.78, 5) is 33.8. The summed E-state index contributed by atoms with van der Waals surface area (Å²) < 4.78 is 0. The lowest BCUT2D eigenvalue weighted by atomic mass is 9.64. The fourth-order valence-electron chi connectivity index (χ4n) is 3.92. The van der Waals surface area contributed by atoms with E-state index >= 15 is 0 Å². The topological polar surface area (TPSA) is 121 Å². The minimum absolute atomic E-state index is 0.261. The van der Waals surface area contributed by atoms with Gasteiger partial charge in [-0.3, -0.25) is 4.79 Å². The van der Waals surface area contributed by atoms with Crippen LogP contribution >= 0.6 is 0 Å². The maximum atomic E-state index is 12.5. The van der Waals surface area contributed by atoms with E-state index < -0.39 is 17.4 Å². The molecule has 1 aliphatic rings. The number of fused-ring (bicyclic) bond motifs is 1. The fraction of sp³-hybridized carbons (Fsp3) is 0.261. The van der Waals surface area contributed by atoms with Crippen LogP contribution in [0.25, 0.3) is 0 Å². The molecule has 0 saturated carbocycles. The second-order valence-electron chi connectivity index (χ2n) is 7.25. The van der Waals surface area contributed by atoms with Gasteiger partial charge >= 0.3 is 11.9 Å². The average Bonchev–Trinajstić information content (AvgIpc) is 2.72. The Bertz CT molecular complexity index is 924. The third kappa shape index (κ3) is 4.93. The molecule has 0 unspecified atom stereocenters. The van der Waals surface area contributed by atoms with E-state index in [1.165, 1.54) is 5.56 Å². The molecule has 7 heteroatoms. The second-order valence-corrected chi connectivity index (χ2v) is 7.25. The summed E-state index contributed by atoms with van der Waals surface area (Å²) in [7, 11) is 4.17. The Balaban J connectivity index is 0.000000343. The number of rotatable bonds is 5. The number of hydrogen-bond acceptors (Lipinski definition) is 4. The van der Waals surface area contributed by atoms with Crippen LogP contribution in [0.3, 0.4) is 0 Å². The molecule has 2 aromatic carbocycles. The summed E-state index contributed by atoms with van der Waals surface area (Å²) in [6.45, 7) is 0. The minimum Gasteiger partial charge on any atom is -0.478 e. The molecule has 0 saturated heterocycles. The molecule has 1 amide bonds. The summed E-state index contributed by atoms with van der Waals surface area (Å²) in [6, 6.07) is 18.5. The van der Waals surface area contributed by atoms with Crippen LogP contribution in [-0.2, 0) is 19.8 Å². The fourth-order valence-corrected chi connectivity index (χ4v) is 3.92. The number of primary amides is 1. The van der Waals surface area contributed by atoms with Crippen LogP contribution in [0.1, 0.15) is 35.6 Å². The second kappa shape index (κ2) is 9.84. The largest absolute Gasteiger partial charge is 0.478 e. The van der Waals surface area contributed by atoms with E-state index in [2.05, 4.69) is 31.1 Å². The molecule has 0 spiro atoms. The van der Waals surface area contributed by atoms with Gasteiger partial charge in [-0.2, -0.15) is 0 Å². The third-order valence-electron chi connectivity index (χ3n) is 5.25. The van der Waals surface area contributed by atoms with Crippen LogP contribution in [0, 0.1) is 0 Å². The van der Waals surface area contributed by atoms with Crippen LogP contribution in [0.4, 0.5) is 0 Å². The highest BCUT2D eigenvalue weighted by Crippen LogP contribution is 2.47. The predicted molar refractivity (Wildman–Crippen MR) is 113 cm³/mol. The first-order chi connectivity index (χ1) is 14.2. The Hall–Kier alpha value is -3.45. The highest BCUT2D eigenvalue weighted by atomic mass is 16.4. The first-order valence-electron chi connectivity index (χ1n) is 9.45. The van der Waals surface area contributed by atoms with E-state index in [0.717, 1.165) is 24.0 Å². The first-order valence-corrected chi connectivity index (χ1v) is 9.45. The summed E-state index contributed by atoms with van der Waals surface area (Å²) in [5, 5.41) is 15.6. The number of benzene rings is 2. The number of carboxylic acids is 2. The molecule has 2 aromatic rings. The van der Waals surface area contributed by atoms with Gasteiger partial charge in [-0.25, -0.2) is 9.59 Å². The molecule has 1 aliphatic carbocycles. The lowest BCUT2D eigenvalue weighted by Gasteiger charge is -2.42. The van der Waals surface area contributed by atoms with Crippen LogP contribution in [0.15, 0.2) is 66.7 Å². The van der Waals surface area contributed by atoms with Gasteiger partial charge in [0.05, 0.1) is 5.41 Å². The average molecular weight is 410 g/mol. The van der Waals surface area contributed by atoms with Gasteiger partial charge in [-0.1, -0.05) is 54.6 Å². The van der Waals surface area contributed by atoms with Gasteiger partial charge in [0.1, 0.15) is 0 Å². The number of amides is 1. The van der Waals surface area contributed by atoms with Gasteiger partial charge in [-0.15, -0.1) is 0 Å². The first kappa shape index (κ1) is 22.8. The van der Waals surface area contributed by atoms with Crippen molar-refractivity contribution in [3.63, 3.8) is 0 Å². The lowest BCUT2D eigenvalue weighted by Crippen LogP contribution is -2.46. The number of aliphatic carboxylic acids is 2. The highest BCUT2D eigenvalue weighted by molar-refractivity contribution is 5.91. The molecule has 0 aromatic heterocycles. The van der Waals surface area contributed by atoms with Gasteiger partial charge in [-0.05, 0) is 43.6 Å². The number of nitrogens with two attached hydrogens (primary N) is 1. The Kier molecular flexibility index (Phi) is 7.49. The summed E-state index contributed by atoms with van der Waals surface area (Å²) in [6.07, 6.45) is 2.78. The molecule has 0 aliphatic heterocycles. The van der Waals surface area contributed by atoms with Crippen molar-refractivity contribution in [1.29, 1.82) is 0 Å². The van der Waals surface area contributed by atoms with E-state index in [4.69, 9.17) is 15.9 Å². The van der Waals surface area contributed by atoms with Crippen LogP contribution in [0.5, 0.6) is 0 Å². The number of hydrogen-bond donors (Lipinski definition) is 3. The Morgan fingerprint density at radius 1 is 0.967 bits per heavy atom. The molecule has 7 nitrogen and oxygen atoms in total. The molecule has 4 N–H and O–H groups in total. The number of carbonyl (C=O) groups is 3. The summed E-state index contributed by atoms with van der Waals surface area (Å²) in [5.41, 5.74) is 8.46. The number of carboxylic acid groups (broad SMARTS) is 2. The van der Waals surface area contributed by atoms with Crippen molar-refractivity contribution in [2.45, 2.75) is 24.3 Å². The maximum absolute atomic E-state index is 12.5. The van der Waals surface area contributed by atoms with Gasteiger partial charge in [0.25, 0.3) is 0 Å². The van der Waals surface area contributed by atoms with Crippen molar-refractivity contribution < 1.29 is 24.6 Å². The molecule has 0 bridgehead atoms. The standard InChI is InChI=1S/C19H22N2O.C4H4O4/c1-21(2)17-12-13-19(18(20)22,14-8-4-3-5-9-14)16-11-7-6-10-15(16)17;5-3(6)1-2-4(7)8/h3-11,17H,12-13H2,1-2H3,(H2,20,22);1-2H,(H,5,6)(H,7,8)/b;2-1-/t17-,19+;/m0./s1. The third-order valence-corrected chi connectivity index (χ3v) is 5.25. The van der Waals surface area contributed by atoms with Crippen molar-refractivity contribution >= 4 is 17.8 Å². The molecule has 0 radical (unpaired) electrons. The molecule has 3 rings (SSSR count). The molecule has 2 atom stereocenters. The zero-order valence-electron chi connectivity index (χ0n) is 17.0. The normalized spacial score (nSPS) is 20.2. The molecule has 0 fully saturated rings. The van der Waals surface area contributed by atoms with E-state index in [-0.39, 0.29) is 5.91 Å². The Morgan fingerprint density at radius 3 is 2.00 bits per heavy atom. The number of carbonyl (C=O) groups excluding carboxylic acids is 1. The van der Waals surface area contributed by atoms with Crippen LogP contribution < -0.4 is 5.73 Å². The monoisotopic (exact) mass is 410 g/mol. The van der Waals surface area contributed by atoms with Crippen molar-refractivity contribution in [2.24, 2.45) is 5.73 Å². The SMILES string of the molecule is CN(C)[C@H]1CC[C@@](C(N)=O)(c2ccccc2)c2ccccc21.O=C(O)/C=C\C(=O)O. The summed E-state index contributed by atoms with van der Waals surface area (Å²) in [5.74, 6) is -2.77. The molecule has 158 valence electrons. The molecule has 0 heterocycles. The molecular formula is C23H26N2O5. The van der Waals surface area contributed by atoms with Crippen molar-refractivity contribution in [3.8, 4) is 0 Å². The van der Waals surface area contributed by atoms with Crippen molar-refractivity contribution in [2.75, 3.05) is 14.1 Å². The number of nitrogens with zero attached hydrogens (tertiary/aromatic N) is 1. The van der Waals surface area contributed by atoms with E-state index in [1.54, 1.807) is 0 Å². The van der Waals surface area contributed by atoms with E-state index in [1.807, 2.05) is 42.5 Å². The maximum Gasteiger partial charge on any atom is 0.328 e. The zero-order valence-corrected chi connectivity index (χ0v) is 17.0. The molecular weight excluding hydrogens is 384 g/mol. The Morgan fingerprint density at radius 2 is 1.50 bits per heavy atom. The van der Waals surface area contributed by atoms with Crippen molar-refractivity contribution in [3.05, 3.63) is 83.4 Å². The van der Waals surface area contributed by atoms with Gasteiger partial charge in [0.2, 0.25) is 5.91 Å². The molecule has 30 heavy (non-hydrogen) atoms. The van der Waals surface area contributed by atoms with Gasteiger partial charge in [0, 0.05) is 18.2 Å².